The molecule has 0 N–H and O–H groups in total. The zero-order valence-electron chi connectivity index (χ0n) is 16.2. The van der Waals surface area contributed by atoms with Crippen LogP contribution in [0.3, 0.4) is 0 Å². The van der Waals surface area contributed by atoms with Gasteiger partial charge in [-0.3, -0.25) is 0 Å². The van der Waals surface area contributed by atoms with Gasteiger partial charge in [0.15, 0.2) is 12.4 Å². The van der Waals surface area contributed by atoms with E-state index in [1.165, 1.54) is 7.11 Å². The summed E-state index contributed by atoms with van der Waals surface area (Å²) in [6, 6.07) is 15.7. The van der Waals surface area contributed by atoms with Crippen molar-refractivity contribution in [2.45, 2.75) is 13.5 Å². The standard InChI is InChI=1S/C22H18Cl2FNO4/c1-13-15(9-6-10-16(13)14-7-4-3-5-8-14)11-29-20-18(23)21(25)26-22(19(20)24)30-12-17(27)28-2/h3-10H,11-12H2,1-2H3. The van der Waals surface area contributed by atoms with Gasteiger partial charge in [0.1, 0.15) is 16.7 Å². The highest BCUT2D eigenvalue weighted by molar-refractivity contribution is 6.37. The smallest absolute Gasteiger partial charge is 0.343 e. The number of aromatic nitrogens is 1. The lowest BCUT2D eigenvalue weighted by Gasteiger charge is -2.15. The van der Waals surface area contributed by atoms with Crippen molar-refractivity contribution in [3.63, 3.8) is 0 Å². The van der Waals surface area contributed by atoms with Crippen LogP contribution in [-0.4, -0.2) is 24.7 Å². The molecule has 0 fully saturated rings. The highest BCUT2D eigenvalue weighted by atomic mass is 35.5. The number of benzene rings is 2. The summed E-state index contributed by atoms with van der Waals surface area (Å²) >= 11 is 12.2. The maximum absolute atomic E-state index is 14.1. The number of ether oxygens (including phenoxy) is 3. The van der Waals surface area contributed by atoms with Crippen molar-refractivity contribution >= 4 is 29.2 Å². The Bertz CT molecular complexity index is 1060. The van der Waals surface area contributed by atoms with E-state index in [2.05, 4.69) is 9.72 Å². The van der Waals surface area contributed by atoms with Crippen molar-refractivity contribution < 1.29 is 23.4 Å². The highest BCUT2D eigenvalue weighted by Crippen LogP contribution is 2.40. The molecule has 0 atom stereocenters. The number of methoxy groups -OCH3 is 1. The number of halogens is 3. The van der Waals surface area contributed by atoms with Crippen molar-refractivity contribution in [1.82, 2.24) is 4.98 Å². The first-order chi connectivity index (χ1) is 14.4. The minimum atomic E-state index is -1.02. The second kappa shape index (κ2) is 9.78. The highest BCUT2D eigenvalue weighted by Gasteiger charge is 2.21. The van der Waals surface area contributed by atoms with Crippen molar-refractivity contribution in [3.05, 3.63) is 75.7 Å². The minimum Gasteiger partial charge on any atom is -0.485 e. The Balaban J connectivity index is 1.85. The third-order valence-electron chi connectivity index (χ3n) is 4.42. The van der Waals surface area contributed by atoms with Crippen LogP contribution >= 0.6 is 23.2 Å². The second-order valence-corrected chi connectivity index (χ2v) is 7.03. The number of hydrogen-bond donors (Lipinski definition) is 0. The molecule has 0 radical (unpaired) electrons. The Labute approximate surface area is 183 Å². The van der Waals surface area contributed by atoms with Gasteiger partial charge in [0.25, 0.3) is 0 Å². The van der Waals surface area contributed by atoms with Gasteiger partial charge < -0.3 is 14.2 Å². The molecular weight excluding hydrogens is 432 g/mol. The third kappa shape index (κ3) is 4.83. The van der Waals surface area contributed by atoms with Gasteiger partial charge in [-0.2, -0.15) is 9.37 Å². The van der Waals surface area contributed by atoms with Gasteiger partial charge in [0, 0.05) is 0 Å². The lowest BCUT2D eigenvalue weighted by Crippen LogP contribution is -2.14. The summed E-state index contributed by atoms with van der Waals surface area (Å²) < 4.78 is 29.5. The largest absolute Gasteiger partial charge is 0.485 e. The number of nitrogens with zero attached hydrogens (tertiary/aromatic N) is 1. The Kier molecular flexibility index (Phi) is 7.13. The van der Waals surface area contributed by atoms with Gasteiger partial charge in [0.05, 0.1) is 7.11 Å². The summed E-state index contributed by atoms with van der Waals surface area (Å²) in [5, 5.41) is -0.510. The Morgan fingerprint density at radius 1 is 1.03 bits per heavy atom. The molecule has 8 heteroatoms. The monoisotopic (exact) mass is 449 g/mol. The molecule has 0 spiro atoms. The number of rotatable bonds is 7. The van der Waals surface area contributed by atoms with Crippen molar-refractivity contribution in [1.29, 1.82) is 0 Å². The quantitative estimate of drug-likeness (QED) is 0.345. The average Bonchev–Trinajstić information content (AvgIpc) is 2.76. The molecule has 1 aromatic heterocycles. The predicted molar refractivity (Wildman–Crippen MR) is 113 cm³/mol. The maximum Gasteiger partial charge on any atom is 0.343 e. The van der Waals surface area contributed by atoms with Crippen LogP contribution in [0.15, 0.2) is 48.5 Å². The van der Waals surface area contributed by atoms with Gasteiger partial charge in [-0.15, -0.1) is 0 Å². The van der Waals surface area contributed by atoms with Gasteiger partial charge in [-0.1, -0.05) is 71.7 Å². The van der Waals surface area contributed by atoms with E-state index in [1.807, 2.05) is 55.5 Å². The topological polar surface area (TPSA) is 57.7 Å². The number of pyridine rings is 1. The summed E-state index contributed by atoms with van der Waals surface area (Å²) in [5.41, 5.74) is 4.00. The molecule has 5 nitrogen and oxygen atoms in total. The number of carbonyl (C=O) groups is 1. The Morgan fingerprint density at radius 3 is 2.47 bits per heavy atom. The zero-order chi connectivity index (χ0) is 21.7. The van der Waals surface area contributed by atoms with Crippen LogP contribution in [0, 0.1) is 12.9 Å². The summed E-state index contributed by atoms with van der Waals surface area (Å²) in [7, 11) is 1.20. The first-order valence-electron chi connectivity index (χ1n) is 8.93. The second-order valence-electron chi connectivity index (χ2n) is 6.27. The van der Waals surface area contributed by atoms with Gasteiger partial charge in [-0.05, 0) is 29.2 Å². The van der Waals surface area contributed by atoms with E-state index in [1.54, 1.807) is 0 Å². The lowest BCUT2D eigenvalue weighted by atomic mass is 9.97. The van der Waals surface area contributed by atoms with E-state index < -0.39 is 18.5 Å². The van der Waals surface area contributed by atoms with Crippen LogP contribution in [0.2, 0.25) is 10.0 Å². The molecule has 1 heterocycles. The van der Waals surface area contributed by atoms with E-state index >= 15 is 0 Å². The van der Waals surface area contributed by atoms with E-state index in [9.17, 15) is 9.18 Å². The average molecular weight is 450 g/mol. The van der Waals surface area contributed by atoms with Crippen LogP contribution < -0.4 is 9.47 Å². The van der Waals surface area contributed by atoms with Gasteiger partial charge >= 0.3 is 5.97 Å². The van der Waals surface area contributed by atoms with E-state index in [4.69, 9.17) is 32.7 Å². The molecular formula is C22H18Cl2FNO4. The van der Waals surface area contributed by atoms with Gasteiger partial charge in [-0.25, -0.2) is 4.79 Å². The predicted octanol–water partition coefficient (Wildman–Crippen LogP) is 5.63. The van der Waals surface area contributed by atoms with E-state index in [-0.39, 0.29) is 28.3 Å². The molecule has 2 aromatic carbocycles. The maximum atomic E-state index is 14.1. The third-order valence-corrected chi connectivity index (χ3v) is 5.09. The number of esters is 1. The normalized spacial score (nSPS) is 10.6. The molecule has 3 aromatic rings. The Hall–Kier alpha value is -2.83. The molecule has 30 heavy (non-hydrogen) atoms. The fraction of sp³-hybridized carbons (Fsp3) is 0.182. The van der Waals surface area contributed by atoms with Crippen LogP contribution in [0.25, 0.3) is 11.1 Å². The first-order valence-corrected chi connectivity index (χ1v) is 9.68. The fourth-order valence-electron chi connectivity index (χ4n) is 2.80. The molecule has 0 saturated heterocycles. The molecule has 0 aliphatic heterocycles. The summed E-state index contributed by atoms with van der Waals surface area (Å²) in [6.07, 6.45) is 0. The molecule has 3 rings (SSSR count). The van der Waals surface area contributed by atoms with Crippen LogP contribution in [-0.2, 0) is 16.1 Å². The first kappa shape index (κ1) is 21.9. The molecule has 0 saturated carbocycles. The van der Waals surface area contributed by atoms with E-state index in [0.717, 1.165) is 22.3 Å². The SMILES string of the molecule is COC(=O)COc1nc(F)c(Cl)c(OCc2cccc(-c3ccccc3)c2C)c1Cl. The van der Waals surface area contributed by atoms with Crippen LogP contribution in [0.5, 0.6) is 11.6 Å². The molecule has 0 bridgehead atoms. The zero-order valence-corrected chi connectivity index (χ0v) is 17.8. The van der Waals surface area contributed by atoms with Crippen molar-refractivity contribution in [2.24, 2.45) is 0 Å². The van der Waals surface area contributed by atoms with E-state index in [0.29, 0.717) is 0 Å². The Morgan fingerprint density at radius 2 is 1.77 bits per heavy atom. The van der Waals surface area contributed by atoms with Crippen molar-refractivity contribution in [2.75, 3.05) is 13.7 Å². The molecule has 156 valence electrons. The van der Waals surface area contributed by atoms with Crippen LogP contribution in [0.1, 0.15) is 11.1 Å². The number of carbonyl (C=O) groups excluding carboxylic acids is 1. The minimum absolute atomic E-state index is 0.0891. The lowest BCUT2D eigenvalue weighted by molar-refractivity contribution is -0.143. The molecule has 0 aliphatic rings. The summed E-state index contributed by atoms with van der Waals surface area (Å²) in [6.45, 7) is 1.58. The summed E-state index contributed by atoms with van der Waals surface area (Å²) in [5.74, 6) is -2.12. The number of hydrogen-bond acceptors (Lipinski definition) is 5. The molecule has 0 amide bonds. The fourth-order valence-corrected chi connectivity index (χ4v) is 3.29. The van der Waals surface area contributed by atoms with Crippen molar-refractivity contribution in [3.8, 4) is 22.8 Å². The van der Waals surface area contributed by atoms with Crippen LogP contribution in [0.4, 0.5) is 4.39 Å². The molecule has 0 aliphatic carbocycles. The molecule has 0 unspecified atom stereocenters. The summed E-state index contributed by atoms with van der Waals surface area (Å²) in [4.78, 5) is 14.8. The van der Waals surface area contributed by atoms with Gasteiger partial charge in [0.2, 0.25) is 11.8 Å².